The number of benzene rings is 2. The Kier molecular flexibility index (Phi) is 8.03. The molecule has 0 saturated heterocycles. The molecule has 134 valence electrons. The van der Waals surface area contributed by atoms with Gasteiger partial charge in [0.25, 0.3) is 0 Å². The van der Waals surface area contributed by atoms with Crippen LogP contribution in [-0.4, -0.2) is 19.5 Å². The number of carbonyl (C=O) groups excluding carboxylic acids is 1. The SMILES string of the molecule is CCCCCCCCOc1ccccc1C(=O)c1ccc(OC)cc1. The molecular weight excluding hydrogens is 312 g/mol. The van der Waals surface area contributed by atoms with Crippen LogP contribution in [0.1, 0.15) is 61.4 Å². The highest BCUT2D eigenvalue weighted by Crippen LogP contribution is 2.23. The smallest absolute Gasteiger partial charge is 0.196 e. The molecule has 0 N–H and O–H groups in total. The van der Waals surface area contributed by atoms with Crippen molar-refractivity contribution >= 4 is 5.78 Å². The molecule has 0 aliphatic heterocycles. The standard InChI is InChI=1S/C22H28O3/c1-3-4-5-6-7-10-17-25-21-12-9-8-11-20(21)22(23)18-13-15-19(24-2)16-14-18/h8-9,11-16H,3-7,10,17H2,1-2H3. The Morgan fingerprint density at radius 3 is 2.28 bits per heavy atom. The van der Waals surface area contributed by atoms with Gasteiger partial charge in [0.15, 0.2) is 5.78 Å². The lowest BCUT2D eigenvalue weighted by Gasteiger charge is -2.11. The highest BCUT2D eigenvalue weighted by Gasteiger charge is 2.14. The van der Waals surface area contributed by atoms with Gasteiger partial charge in [0.2, 0.25) is 0 Å². The van der Waals surface area contributed by atoms with Gasteiger partial charge in [-0.3, -0.25) is 4.79 Å². The second kappa shape index (κ2) is 10.5. The first-order chi connectivity index (χ1) is 12.3. The van der Waals surface area contributed by atoms with Crippen molar-refractivity contribution in [1.29, 1.82) is 0 Å². The highest BCUT2D eigenvalue weighted by molar-refractivity contribution is 6.10. The van der Waals surface area contributed by atoms with E-state index in [-0.39, 0.29) is 5.78 Å². The zero-order valence-corrected chi connectivity index (χ0v) is 15.3. The summed E-state index contributed by atoms with van der Waals surface area (Å²) in [4.78, 5) is 12.8. The quantitative estimate of drug-likeness (QED) is 0.391. The molecule has 0 bridgehead atoms. The molecule has 0 atom stereocenters. The number of ketones is 1. The third-order valence-electron chi connectivity index (χ3n) is 4.24. The minimum Gasteiger partial charge on any atom is -0.497 e. The number of para-hydroxylation sites is 1. The zero-order valence-electron chi connectivity index (χ0n) is 15.3. The van der Waals surface area contributed by atoms with Gasteiger partial charge in [-0.2, -0.15) is 0 Å². The summed E-state index contributed by atoms with van der Waals surface area (Å²) < 4.78 is 11.0. The largest absolute Gasteiger partial charge is 0.497 e. The Balaban J connectivity index is 1.93. The Morgan fingerprint density at radius 1 is 0.880 bits per heavy atom. The molecule has 2 aromatic carbocycles. The van der Waals surface area contributed by atoms with Gasteiger partial charge in [-0.05, 0) is 42.8 Å². The molecule has 2 aromatic rings. The number of carbonyl (C=O) groups is 1. The Morgan fingerprint density at radius 2 is 1.56 bits per heavy atom. The predicted molar refractivity (Wildman–Crippen MR) is 102 cm³/mol. The molecule has 0 saturated carbocycles. The molecule has 0 heterocycles. The van der Waals surface area contributed by atoms with E-state index in [0.717, 1.165) is 12.2 Å². The van der Waals surface area contributed by atoms with Crippen LogP contribution in [0.4, 0.5) is 0 Å². The minimum absolute atomic E-state index is 0.0267. The summed E-state index contributed by atoms with van der Waals surface area (Å²) in [5.41, 5.74) is 1.25. The Labute approximate surface area is 151 Å². The number of hydrogen-bond acceptors (Lipinski definition) is 3. The lowest BCUT2D eigenvalue weighted by molar-refractivity contribution is 0.103. The molecule has 0 aliphatic carbocycles. The number of rotatable bonds is 11. The normalized spacial score (nSPS) is 10.5. The molecule has 0 unspecified atom stereocenters. The van der Waals surface area contributed by atoms with E-state index in [4.69, 9.17) is 9.47 Å². The average molecular weight is 340 g/mol. The highest BCUT2D eigenvalue weighted by atomic mass is 16.5. The molecule has 0 aromatic heterocycles. The summed E-state index contributed by atoms with van der Waals surface area (Å²) in [7, 11) is 1.61. The van der Waals surface area contributed by atoms with Gasteiger partial charge in [-0.1, -0.05) is 51.2 Å². The minimum atomic E-state index is -0.0267. The molecule has 3 heteroatoms. The fourth-order valence-electron chi connectivity index (χ4n) is 2.74. The van der Waals surface area contributed by atoms with E-state index in [2.05, 4.69) is 6.92 Å². The maximum atomic E-state index is 12.8. The van der Waals surface area contributed by atoms with Crippen molar-refractivity contribution in [3.05, 3.63) is 59.7 Å². The van der Waals surface area contributed by atoms with Gasteiger partial charge in [-0.15, -0.1) is 0 Å². The first-order valence-electron chi connectivity index (χ1n) is 9.17. The third-order valence-corrected chi connectivity index (χ3v) is 4.24. The van der Waals surface area contributed by atoms with Gasteiger partial charge >= 0.3 is 0 Å². The third kappa shape index (κ3) is 5.93. The lowest BCUT2D eigenvalue weighted by Crippen LogP contribution is -2.06. The number of ether oxygens (including phenoxy) is 2. The molecule has 25 heavy (non-hydrogen) atoms. The summed E-state index contributed by atoms with van der Waals surface area (Å²) >= 11 is 0. The van der Waals surface area contributed by atoms with Crippen LogP contribution in [0.2, 0.25) is 0 Å². The average Bonchev–Trinajstić information content (AvgIpc) is 2.67. The van der Waals surface area contributed by atoms with Crippen molar-refractivity contribution in [2.75, 3.05) is 13.7 Å². The summed E-state index contributed by atoms with van der Waals surface area (Å²) in [6, 6.07) is 14.6. The van der Waals surface area contributed by atoms with Crippen molar-refractivity contribution in [1.82, 2.24) is 0 Å². The van der Waals surface area contributed by atoms with Crippen LogP contribution in [-0.2, 0) is 0 Å². The Bertz CT molecular complexity index is 647. The molecule has 0 spiro atoms. The molecule has 0 radical (unpaired) electrons. The van der Waals surface area contributed by atoms with Crippen LogP contribution in [0.15, 0.2) is 48.5 Å². The number of hydrogen-bond donors (Lipinski definition) is 0. The van der Waals surface area contributed by atoms with E-state index in [1.54, 1.807) is 31.4 Å². The molecule has 0 amide bonds. The van der Waals surface area contributed by atoms with E-state index >= 15 is 0 Å². The molecule has 0 fully saturated rings. The van der Waals surface area contributed by atoms with Crippen LogP contribution in [0.25, 0.3) is 0 Å². The van der Waals surface area contributed by atoms with Crippen molar-refractivity contribution < 1.29 is 14.3 Å². The van der Waals surface area contributed by atoms with Crippen molar-refractivity contribution in [2.45, 2.75) is 45.4 Å². The maximum Gasteiger partial charge on any atom is 0.196 e. The van der Waals surface area contributed by atoms with E-state index < -0.39 is 0 Å². The van der Waals surface area contributed by atoms with Crippen LogP contribution in [0, 0.1) is 0 Å². The summed E-state index contributed by atoms with van der Waals surface area (Å²) in [6.07, 6.45) is 7.31. The van der Waals surface area contributed by atoms with Gasteiger partial charge in [0, 0.05) is 5.56 Å². The summed E-state index contributed by atoms with van der Waals surface area (Å²) in [5, 5.41) is 0. The van der Waals surface area contributed by atoms with Gasteiger partial charge in [0.05, 0.1) is 19.3 Å². The van der Waals surface area contributed by atoms with E-state index in [1.807, 2.05) is 24.3 Å². The second-order valence-corrected chi connectivity index (χ2v) is 6.17. The maximum absolute atomic E-state index is 12.8. The molecule has 3 nitrogen and oxygen atoms in total. The first-order valence-corrected chi connectivity index (χ1v) is 9.17. The van der Waals surface area contributed by atoms with Gasteiger partial charge in [-0.25, -0.2) is 0 Å². The van der Waals surface area contributed by atoms with E-state index in [9.17, 15) is 4.79 Å². The van der Waals surface area contributed by atoms with Crippen LogP contribution >= 0.6 is 0 Å². The van der Waals surface area contributed by atoms with Gasteiger partial charge < -0.3 is 9.47 Å². The Hall–Kier alpha value is -2.29. The summed E-state index contributed by atoms with van der Waals surface area (Å²) in [6.45, 7) is 2.87. The van der Waals surface area contributed by atoms with Crippen LogP contribution in [0.5, 0.6) is 11.5 Å². The summed E-state index contributed by atoms with van der Waals surface area (Å²) in [5.74, 6) is 1.38. The monoisotopic (exact) mass is 340 g/mol. The first kappa shape index (κ1) is 19.0. The predicted octanol–water partition coefficient (Wildman–Crippen LogP) is 5.67. The van der Waals surface area contributed by atoms with Crippen molar-refractivity contribution in [2.24, 2.45) is 0 Å². The van der Waals surface area contributed by atoms with Crippen molar-refractivity contribution in [3.8, 4) is 11.5 Å². The topological polar surface area (TPSA) is 35.5 Å². The van der Waals surface area contributed by atoms with Crippen LogP contribution in [0.3, 0.4) is 0 Å². The molecule has 0 aliphatic rings. The van der Waals surface area contributed by atoms with E-state index in [0.29, 0.717) is 23.5 Å². The molecular formula is C22H28O3. The van der Waals surface area contributed by atoms with Gasteiger partial charge in [0.1, 0.15) is 11.5 Å². The van der Waals surface area contributed by atoms with Crippen LogP contribution < -0.4 is 9.47 Å². The number of unbranched alkanes of at least 4 members (excludes halogenated alkanes) is 5. The fraction of sp³-hybridized carbons (Fsp3) is 0.409. The zero-order chi connectivity index (χ0) is 17.9. The lowest BCUT2D eigenvalue weighted by atomic mass is 10.0. The number of methoxy groups -OCH3 is 1. The van der Waals surface area contributed by atoms with Crippen molar-refractivity contribution in [3.63, 3.8) is 0 Å². The second-order valence-electron chi connectivity index (χ2n) is 6.17. The molecule has 2 rings (SSSR count). The fourth-order valence-corrected chi connectivity index (χ4v) is 2.74. The van der Waals surface area contributed by atoms with E-state index in [1.165, 1.54) is 32.1 Å².